The van der Waals surface area contributed by atoms with Crippen molar-refractivity contribution in [1.29, 1.82) is 0 Å². The second-order valence-corrected chi connectivity index (χ2v) is 9.13. The first-order valence-corrected chi connectivity index (χ1v) is 11.7. The molecule has 0 radical (unpaired) electrons. The summed E-state index contributed by atoms with van der Waals surface area (Å²) in [6.45, 7) is 3.59. The van der Waals surface area contributed by atoms with Gasteiger partial charge >= 0.3 is 0 Å². The molecule has 0 bridgehead atoms. The van der Waals surface area contributed by atoms with Gasteiger partial charge in [-0.15, -0.1) is 22.7 Å². The highest BCUT2D eigenvalue weighted by atomic mass is 35.5. The Morgan fingerprint density at radius 3 is 1.60 bits per heavy atom. The summed E-state index contributed by atoms with van der Waals surface area (Å²) in [5.74, 6) is -0.230. The van der Waals surface area contributed by atoms with Gasteiger partial charge in [0.05, 0.1) is 11.4 Å². The van der Waals surface area contributed by atoms with E-state index in [0.29, 0.717) is 0 Å². The predicted molar refractivity (Wildman–Crippen MR) is 124 cm³/mol. The van der Waals surface area contributed by atoms with Crippen LogP contribution in [0.4, 0.5) is 14.7 Å². The lowest BCUT2D eigenvalue weighted by Crippen LogP contribution is -2.46. The number of piperazine rings is 1. The van der Waals surface area contributed by atoms with Crippen LogP contribution in [0.2, 0.25) is 5.02 Å². The van der Waals surface area contributed by atoms with Gasteiger partial charge in [-0.1, -0.05) is 23.7 Å². The first kappa shape index (κ1) is 19.5. The smallest absolute Gasteiger partial charge is 0.185 e. The molecule has 0 unspecified atom stereocenters. The highest BCUT2D eigenvalue weighted by Crippen LogP contribution is 2.31. The van der Waals surface area contributed by atoms with Crippen LogP contribution >= 0.6 is 34.3 Å². The van der Waals surface area contributed by atoms with Crippen molar-refractivity contribution in [2.45, 2.75) is 0 Å². The Morgan fingerprint density at radius 1 is 0.700 bits per heavy atom. The Hall–Kier alpha value is -2.48. The third-order valence-corrected chi connectivity index (χ3v) is 7.14. The molecule has 0 N–H and O–H groups in total. The van der Waals surface area contributed by atoms with Gasteiger partial charge in [0.15, 0.2) is 10.3 Å². The molecule has 1 saturated heterocycles. The number of rotatable bonds is 4. The molecular formula is C22H18ClFN4S2. The van der Waals surface area contributed by atoms with Crippen LogP contribution in [-0.2, 0) is 0 Å². The van der Waals surface area contributed by atoms with E-state index in [0.717, 1.165) is 64.0 Å². The largest absolute Gasteiger partial charge is 0.345 e. The summed E-state index contributed by atoms with van der Waals surface area (Å²) in [5.41, 5.74) is 3.90. The Balaban J connectivity index is 1.24. The number of anilines is 2. The molecule has 0 spiro atoms. The van der Waals surface area contributed by atoms with Crippen LogP contribution in [0, 0.1) is 5.82 Å². The average Bonchev–Trinajstić information content (AvgIpc) is 3.45. The van der Waals surface area contributed by atoms with Crippen LogP contribution in [0.25, 0.3) is 22.5 Å². The van der Waals surface area contributed by atoms with Gasteiger partial charge in [-0.05, 0) is 36.4 Å². The van der Waals surface area contributed by atoms with E-state index in [1.807, 2.05) is 29.6 Å². The summed E-state index contributed by atoms with van der Waals surface area (Å²) in [4.78, 5) is 14.2. The van der Waals surface area contributed by atoms with Crippen molar-refractivity contribution in [2.24, 2.45) is 0 Å². The van der Waals surface area contributed by atoms with Crippen molar-refractivity contribution in [3.8, 4) is 22.5 Å². The molecule has 1 aliphatic rings. The molecule has 3 heterocycles. The fourth-order valence-electron chi connectivity index (χ4n) is 3.41. The Labute approximate surface area is 187 Å². The molecule has 4 nitrogen and oxygen atoms in total. The minimum atomic E-state index is -0.230. The Bertz CT molecular complexity index is 1040. The number of hydrogen-bond donors (Lipinski definition) is 0. The summed E-state index contributed by atoms with van der Waals surface area (Å²) >= 11 is 9.29. The highest BCUT2D eigenvalue weighted by molar-refractivity contribution is 7.14. The first-order chi connectivity index (χ1) is 14.7. The fraction of sp³-hybridized carbons (Fsp3) is 0.182. The van der Waals surface area contributed by atoms with Crippen molar-refractivity contribution in [1.82, 2.24) is 9.97 Å². The van der Waals surface area contributed by atoms with E-state index in [9.17, 15) is 4.39 Å². The van der Waals surface area contributed by atoms with Gasteiger partial charge in [0.25, 0.3) is 0 Å². The highest BCUT2D eigenvalue weighted by Gasteiger charge is 2.22. The van der Waals surface area contributed by atoms with E-state index in [1.165, 1.54) is 12.1 Å². The van der Waals surface area contributed by atoms with E-state index in [-0.39, 0.29) is 5.82 Å². The minimum Gasteiger partial charge on any atom is -0.345 e. The zero-order valence-electron chi connectivity index (χ0n) is 16.0. The molecule has 8 heteroatoms. The van der Waals surface area contributed by atoms with Gasteiger partial charge in [0, 0.05) is 53.1 Å². The predicted octanol–water partition coefficient (Wildman–Crippen LogP) is 6.05. The summed E-state index contributed by atoms with van der Waals surface area (Å²) in [6, 6.07) is 14.3. The van der Waals surface area contributed by atoms with Crippen LogP contribution in [0.1, 0.15) is 0 Å². The number of benzene rings is 2. The van der Waals surface area contributed by atoms with Gasteiger partial charge < -0.3 is 9.80 Å². The summed E-state index contributed by atoms with van der Waals surface area (Å²) in [5, 5.41) is 6.92. The molecule has 30 heavy (non-hydrogen) atoms. The molecule has 0 amide bonds. The van der Waals surface area contributed by atoms with Crippen molar-refractivity contribution in [2.75, 3.05) is 36.0 Å². The number of hydrogen-bond acceptors (Lipinski definition) is 6. The summed E-state index contributed by atoms with van der Waals surface area (Å²) in [7, 11) is 0. The molecule has 152 valence electrons. The molecular weight excluding hydrogens is 439 g/mol. The quantitative estimate of drug-likeness (QED) is 0.374. The van der Waals surface area contributed by atoms with Crippen LogP contribution < -0.4 is 9.80 Å². The second kappa shape index (κ2) is 8.34. The van der Waals surface area contributed by atoms with Gasteiger partial charge in [0.2, 0.25) is 0 Å². The topological polar surface area (TPSA) is 32.3 Å². The van der Waals surface area contributed by atoms with E-state index < -0.39 is 0 Å². The maximum absolute atomic E-state index is 13.1. The van der Waals surface area contributed by atoms with Crippen molar-refractivity contribution < 1.29 is 4.39 Å². The summed E-state index contributed by atoms with van der Waals surface area (Å²) in [6.07, 6.45) is 0. The minimum absolute atomic E-state index is 0.230. The standard InChI is InChI=1S/C22H18ClFN4S2/c23-17-5-1-15(2-6-17)19-13-29-21(25-19)27-9-11-28(12-10-27)22-26-20(14-30-22)16-3-7-18(24)8-4-16/h1-8,13-14H,9-12H2. The average molecular weight is 457 g/mol. The van der Waals surface area contributed by atoms with Crippen LogP contribution in [0.15, 0.2) is 59.3 Å². The number of thiazole rings is 2. The van der Waals surface area contributed by atoms with Gasteiger partial charge in [-0.3, -0.25) is 0 Å². The fourth-order valence-corrected chi connectivity index (χ4v) is 5.32. The zero-order chi connectivity index (χ0) is 20.5. The molecule has 5 rings (SSSR count). The Morgan fingerprint density at radius 2 is 1.13 bits per heavy atom. The van der Waals surface area contributed by atoms with Crippen molar-refractivity contribution >= 4 is 44.5 Å². The van der Waals surface area contributed by atoms with Gasteiger partial charge in [-0.2, -0.15) is 0 Å². The number of nitrogens with zero attached hydrogens (tertiary/aromatic N) is 4. The molecule has 0 aliphatic carbocycles. The third kappa shape index (κ3) is 4.05. The SMILES string of the molecule is Fc1ccc(-c2csc(N3CCN(c4nc(-c5ccc(Cl)cc5)cs4)CC3)n2)cc1. The zero-order valence-corrected chi connectivity index (χ0v) is 18.4. The van der Waals surface area contributed by atoms with Gasteiger partial charge in [0.1, 0.15) is 5.82 Å². The van der Waals surface area contributed by atoms with Crippen LogP contribution in [0.5, 0.6) is 0 Å². The molecule has 1 aliphatic heterocycles. The van der Waals surface area contributed by atoms with Crippen LogP contribution in [0.3, 0.4) is 0 Å². The molecule has 4 aromatic rings. The molecule has 0 atom stereocenters. The number of aromatic nitrogens is 2. The summed E-state index contributed by atoms with van der Waals surface area (Å²) < 4.78 is 13.1. The molecule has 2 aromatic heterocycles. The second-order valence-electron chi connectivity index (χ2n) is 7.02. The lowest BCUT2D eigenvalue weighted by Gasteiger charge is -2.34. The van der Waals surface area contributed by atoms with E-state index in [2.05, 4.69) is 15.2 Å². The maximum Gasteiger partial charge on any atom is 0.185 e. The monoisotopic (exact) mass is 456 g/mol. The van der Waals surface area contributed by atoms with E-state index in [4.69, 9.17) is 21.6 Å². The lowest BCUT2D eigenvalue weighted by molar-refractivity contribution is 0.628. The molecule has 2 aromatic carbocycles. The number of halogens is 2. The maximum atomic E-state index is 13.1. The lowest BCUT2D eigenvalue weighted by atomic mass is 10.2. The van der Waals surface area contributed by atoms with Gasteiger partial charge in [-0.25, -0.2) is 14.4 Å². The molecule has 0 saturated carbocycles. The molecule has 1 fully saturated rings. The van der Waals surface area contributed by atoms with Crippen molar-refractivity contribution in [3.05, 3.63) is 70.1 Å². The normalized spacial score (nSPS) is 14.3. The van der Waals surface area contributed by atoms with E-state index >= 15 is 0 Å². The Kier molecular flexibility index (Phi) is 5.41. The van der Waals surface area contributed by atoms with Crippen LogP contribution in [-0.4, -0.2) is 36.1 Å². The van der Waals surface area contributed by atoms with E-state index in [1.54, 1.807) is 34.8 Å². The van der Waals surface area contributed by atoms with Crippen molar-refractivity contribution in [3.63, 3.8) is 0 Å². The first-order valence-electron chi connectivity index (χ1n) is 9.58. The third-order valence-electron chi connectivity index (χ3n) is 5.08.